The molecule has 28 heavy (non-hydrogen) atoms. The van der Waals surface area contributed by atoms with Crippen LogP contribution in [0.15, 0.2) is 24.3 Å². The van der Waals surface area contributed by atoms with Gasteiger partial charge in [0.1, 0.15) is 0 Å². The van der Waals surface area contributed by atoms with Crippen LogP contribution in [0, 0.1) is 5.82 Å². The van der Waals surface area contributed by atoms with Crippen LogP contribution in [0.1, 0.15) is 97.8 Å². The summed E-state index contributed by atoms with van der Waals surface area (Å²) in [6, 6.07) is 7.55. The van der Waals surface area contributed by atoms with E-state index in [0.717, 1.165) is 6.92 Å². The number of hydrogen-bond acceptors (Lipinski definition) is 2. The molecule has 0 aliphatic rings. The molecule has 0 aliphatic heterocycles. The Kier molecular flexibility index (Phi) is 19.3. The molecule has 0 heterocycles. The average molecular weight is 499 g/mol. The second-order valence-electron chi connectivity index (χ2n) is 7.64. The molecule has 0 aliphatic carbocycles. The molecule has 0 saturated carbocycles. The molecule has 1 aromatic carbocycles. The van der Waals surface area contributed by atoms with Gasteiger partial charge in [0.15, 0.2) is 0 Å². The second kappa shape index (κ2) is 19.7. The number of unbranched alkanes of at least 4 members (excludes halogenated alkanes) is 10. The summed E-state index contributed by atoms with van der Waals surface area (Å²) >= 11 is -1.53. The molecule has 0 saturated heterocycles. The van der Waals surface area contributed by atoms with Crippen molar-refractivity contribution in [2.45, 2.75) is 107 Å². The zero-order chi connectivity index (χ0) is 21.0. The maximum atomic E-state index is 13.2. The van der Waals surface area contributed by atoms with Gasteiger partial charge in [-0.25, -0.2) is 0 Å². The molecular formula is C24H41FO2Sn. The van der Waals surface area contributed by atoms with Crippen molar-refractivity contribution in [3.05, 3.63) is 30.1 Å². The van der Waals surface area contributed by atoms with Crippen molar-refractivity contribution in [3.63, 3.8) is 0 Å². The molecule has 2 nitrogen and oxygen atoms in total. The molecule has 0 radical (unpaired) electrons. The fraction of sp³-hybridized carbons (Fsp3) is 0.708. The fourth-order valence-electron chi connectivity index (χ4n) is 3.34. The van der Waals surface area contributed by atoms with Gasteiger partial charge in [0.2, 0.25) is 0 Å². The molecule has 0 bridgehead atoms. The second-order valence-corrected chi connectivity index (χ2v) is 15.6. The molecule has 0 amide bonds. The zero-order valence-corrected chi connectivity index (χ0v) is 21.3. The molecule has 0 N–H and O–H groups in total. The van der Waals surface area contributed by atoms with Crippen LogP contribution >= 0.6 is 0 Å². The van der Waals surface area contributed by atoms with E-state index in [1.54, 1.807) is 15.7 Å². The van der Waals surface area contributed by atoms with E-state index in [4.69, 9.17) is 9.90 Å². The number of aliphatic carboxylic acids is 1. The minimum atomic E-state index is -1.53. The van der Waals surface area contributed by atoms with Crippen LogP contribution in [0.4, 0.5) is 4.39 Å². The number of carboxylic acid groups (broad SMARTS) is 1. The predicted octanol–water partition coefficient (Wildman–Crippen LogP) is 6.00. The van der Waals surface area contributed by atoms with E-state index >= 15 is 0 Å². The van der Waals surface area contributed by atoms with Gasteiger partial charge in [-0.2, -0.15) is 0 Å². The maximum absolute atomic E-state index is 13.2. The van der Waals surface area contributed by atoms with Gasteiger partial charge in [-0.1, -0.05) is 0 Å². The summed E-state index contributed by atoms with van der Waals surface area (Å²) in [5, 5.41) is 8.89. The predicted molar refractivity (Wildman–Crippen MR) is 119 cm³/mol. The summed E-state index contributed by atoms with van der Waals surface area (Å²) in [7, 11) is 0. The Morgan fingerprint density at radius 1 is 0.786 bits per heavy atom. The van der Waals surface area contributed by atoms with Gasteiger partial charge in [-0.05, 0) is 6.92 Å². The molecule has 0 spiro atoms. The van der Waals surface area contributed by atoms with Crippen LogP contribution in [-0.4, -0.2) is 25.7 Å². The SMILES string of the molecule is CC(=O)[O-].CCCCCCC[CH2][Sn+]([CH2]CCCCCCC)[c]1ccc(F)cc1. The molecule has 1 rings (SSSR count). The summed E-state index contributed by atoms with van der Waals surface area (Å²) in [4.78, 5) is 8.89. The van der Waals surface area contributed by atoms with Crippen molar-refractivity contribution in [3.8, 4) is 0 Å². The third kappa shape index (κ3) is 17.5. The number of carboxylic acids is 1. The monoisotopic (exact) mass is 500 g/mol. The average Bonchev–Trinajstić information content (AvgIpc) is 2.66. The first kappa shape index (κ1) is 27.4. The van der Waals surface area contributed by atoms with E-state index in [1.165, 1.54) is 85.9 Å². The normalized spacial score (nSPS) is 10.3. The molecule has 4 heteroatoms. The summed E-state index contributed by atoms with van der Waals surface area (Å²) in [6.45, 7) is 5.53. The van der Waals surface area contributed by atoms with Gasteiger partial charge in [0, 0.05) is 5.97 Å². The Hall–Kier alpha value is -0.581. The Morgan fingerprint density at radius 2 is 1.14 bits per heavy atom. The van der Waals surface area contributed by atoms with Crippen LogP contribution in [0.2, 0.25) is 8.87 Å². The van der Waals surface area contributed by atoms with Gasteiger partial charge in [-0.15, -0.1) is 0 Å². The number of rotatable bonds is 15. The van der Waals surface area contributed by atoms with Crippen molar-refractivity contribution >= 4 is 29.3 Å². The number of benzene rings is 1. The zero-order valence-electron chi connectivity index (χ0n) is 18.4. The third-order valence-corrected chi connectivity index (χ3v) is 13.7. The Labute approximate surface area is 180 Å². The molecule has 160 valence electrons. The van der Waals surface area contributed by atoms with E-state index < -0.39 is 25.7 Å². The summed E-state index contributed by atoms with van der Waals surface area (Å²) < 4.78 is 17.7. The first-order valence-corrected chi connectivity index (χ1v) is 16.8. The van der Waals surface area contributed by atoms with Crippen LogP contribution in [-0.2, 0) is 4.79 Å². The summed E-state index contributed by atoms with van der Waals surface area (Å²) in [6.07, 6.45) is 16.7. The van der Waals surface area contributed by atoms with E-state index in [2.05, 4.69) is 26.0 Å². The van der Waals surface area contributed by atoms with Gasteiger partial charge in [0.25, 0.3) is 0 Å². The van der Waals surface area contributed by atoms with Gasteiger partial charge >= 0.3 is 158 Å². The van der Waals surface area contributed by atoms with Crippen molar-refractivity contribution in [1.82, 2.24) is 0 Å². The molecule has 0 unspecified atom stereocenters. The van der Waals surface area contributed by atoms with Crippen LogP contribution in [0.3, 0.4) is 0 Å². The molecule has 1 aromatic rings. The first-order valence-electron chi connectivity index (χ1n) is 11.3. The quantitative estimate of drug-likeness (QED) is 0.219. The van der Waals surface area contributed by atoms with Crippen molar-refractivity contribution in [2.75, 3.05) is 0 Å². The van der Waals surface area contributed by atoms with E-state index in [-0.39, 0.29) is 5.82 Å². The molecule has 0 atom stereocenters. The van der Waals surface area contributed by atoms with Crippen LogP contribution in [0.25, 0.3) is 0 Å². The number of carbonyl (C=O) groups is 1. The molecule has 0 fully saturated rings. The first-order chi connectivity index (χ1) is 13.5. The Balaban J connectivity index is 0.00000165. The van der Waals surface area contributed by atoms with Crippen molar-refractivity contribution < 1.29 is 14.3 Å². The van der Waals surface area contributed by atoms with E-state index in [1.807, 2.05) is 0 Å². The molecule has 0 aromatic heterocycles. The van der Waals surface area contributed by atoms with Gasteiger partial charge in [-0.3, -0.25) is 0 Å². The van der Waals surface area contributed by atoms with Crippen LogP contribution < -0.4 is 8.69 Å². The number of halogens is 1. The van der Waals surface area contributed by atoms with E-state index in [0.29, 0.717) is 0 Å². The Bertz CT molecular complexity index is 456. The van der Waals surface area contributed by atoms with E-state index in [9.17, 15) is 4.39 Å². The number of carbonyl (C=O) groups excluding carboxylic acids is 1. The fourth-order valence-corrected chi connectivity index (χ4v) is 11.4. The third-order valence-electron chi connectivity index (χ3n) is 4.92. The standard InChI is InChI=1S/2C8H17.C6H4F.C2H4O2.Sn/c2*1-3-5-7-8-6-4-2;7-6-4-2-1-3-5-6;1-2(3)4;/h2*1,3-8H2,2H3;2-5H;1H3,(H,3,4);/q;;;;+1/p-1. The Morgan fingerprint density at radius 3 is 1.54 bits per heavy atom. The minimum absolute atomic E-state index is 0.0828. The summed E-state index contributed by atoms with van der Waals surface area (Å²) in [5.41, 5.74) is 0. The van der Waals surface area contributed by atoms with Gasteiger partial charge in [0.05, 0.1) is 0 Å². The topological polar surface area (TPSA) is 40.1 Å². The van der Waals surface area contributed by atoms with Crippen LogP contribution in [0.5, 0.6) is 0 Å². The molecular weight excluding hydrogens is 458 g/mol. The number of hydrogen-bond donors (Lipinski definition) is 0. The van der Waals surface area contributed by atoms with Crippen molar-refractivity contribution in [2.24, 2.45) is 0 Å². The van der Waals surface area contributed by atoms with Gasteiger partial charge < -0.3 is 9.90 Å². The summed E-state index contributed by atoms with van der Waals surface area (Å²) in [5.74, 6) is -1.17. The van der Waals surface area contributed by atoms with Crippen molar-refractivity contribution in [1.29, 1.82) is 0 Å².